The molecule has 1 unspecified atom stereocenters. The van der Waals surface area contributed by atoms with Crippen molar-refractivity contribution in [3.05, 3.63) is 144 Å². The van der Waals surface area contributed by atoms with Crippen molar-refractivity contribution in [2.75, 3.05) is 19.4 Å². The number of hydrogen-bond acceptors (Lipinski definition) is 5. The number of sulfonamides is 1. The van der Waals surface area contributed by atoms with Crippen LogP contribution in [0.3, 0.4) is 0 Å². The van der Waals surface area contributed by atoms with Gasteiger partial charge in [0.15, 0.2) is 6.10 Å². The van der Waals surface area contributed by atoms with Crippen LogP contribution in [0.15, 0.2) is 121 Å². The van der Waals surface area contributed by atoms with Crippen LogP contribution in [-0.2, 0) is 24.3 Å². The second kappa shape index (κ2) is 12.6. The minimum absolute atomic E-state index is 0.0228. The number of carboxylic acid groups (broad SMARTS) is 1. The highest BCUT2D eigenvalue weighted by molar-refractivity contribution is 8.01. The van der Waals surface area contributed by atoms with Crippen LogP contribution in [0.2, 0.25) is 0 Å². The molecule has 6 nitrogen and oxygen atoms in total. The number of hydrogen-bond donors (Lipinski definition) is 1. The van der Waals surface area contributed by atoms with Crippen LogP contribution in [0.1, 0.15) is 34.8 Å². The van der Waals surface area contributed by atoms with Crippen molar-refractivity contribution in [1.82, 2.24) is 4.31 Å². The Morgan fingerprint density at radius 2 is 1.29 bits per heavy atom. The first-order chi connectivity index (χ1) is 19.8. The number of thioether (sulfide) groups is 1. The van der Waals surface area contributed by atoms with E-state index in [1.54, 1.807) is 36.0 Å². The first-order valence-corrected chi connectivity index (χ1v) is 16.2. The topological polar surface area (TPSA) is 83.9 Å². The summed E-state index contributed by atoms with van der Waals surface area (Å²) in [5.74, 6) is -1.11. The molecular weight excluding hydrogens is 554 g/mol. The zero-order valence-corrected chi connectivity index (χ0v) is 24.4. The molecular formula is C33H33NO5S2. The highest BCUT2D eigenvalue weighted by atomic mass is 32.2. The van der Waals surface area contributed by atoms with Crippen molar-refractivity contribution >= 4 is 27.8 Å². The van der Waals surface area contributed by atoms with Crippen LogP contribution in [0.5, 0.6) is 0 Å². The Balaban J connectivity index is 1.50. The molecule has 3 atom stereocenters. The van der Waals surface area contributed by atoms with Gasteiger partial charge in [-0.25, -0.2) is 13.2 Å². The van der Waals surface area contributed by atoms with Gasteiger partial charge in [0, 0.05) is 17.8 Å². The molecule has 4 aromatic carbocycles. The first-order valence-electron chi connectivity index (χ1n) is 13.5. The van der Waals surface area contributed by atoms with Crippen molar-refractivity contribution in [2.24, 2.45) is 0 Å². The lowest BCUT2D eigenvalue weighted by molar-refractivity contribution is -0.151. The standard InChI is InChI=1S/C33H33NO5S2/c1-41(37,38)34-23-30(22-29(34)24-39-31(32(35)36)25-14-6-2-7-15-25)40-33(26-16-8-3-9-17-26,27-18-10-4-11-19-27)28-20-12-5-13-21-28/h2-21,29-31H,22-24H2,1H3,(H,35,36)/t29-,30+,31?/m0/s1. The van der Waals surface area contributed by atoms with E-state index in [1.807, 2.05) is 60.7 Å². The lowest BCUT2D eigenvalue weighted by Crippen LogP contribution is -2.38. The fraction of sp³-hybridized carbons (Fsp3) is 0.242. The van der Waals surface area contributed by atoms with Gasteiger partial charge < -0.3 is 9.84 Å². The summed E-state index contributed by atoms with van der Waals surface area (Å²) in [6, 6.07) is 39.1. The van der Waals surface area contributed by atoms with Crippen molar-refractivity contribution < 1.29 is 23.1 Å². The number of benzene rings is 4. The summed E-state index contributed by atoms with van der Waals surface area (Å²) < 4.78 is 32.7. The molecule has 212 valence electrons. The van der Waals surface area contributed by atoms with Gasteiger partial charge in [0.1, 0.15) is 0 Å². The molecule has 1 heterocycles. The third-order valence-electron chi connectivity index (χ3n) is 7.42. The van der Waals surface area contributed by atoms with E-state index in [4.69, 9.17) is 4.74 Å². The predicted octanol–water partition coefficient (Wildman–Crippen LogP) is 5.96. The van der Waals surface area contributed by atoms with Crippen molar-refractivity contribution in [3.63, 3.8) is 0 Å². The van der Waals surface area contributed by atoms with E-state index in [0.717, 1.165) is 16.7 Å². The zero-order chi connectivity index (χ0) is 28.9. The molecule has 4 aromatic rings. The molecule has 0 aliphatic carbocycles. The second-order valence-corrected chi connectivity index (χ2v) is 13.7. The summed E-state index contributed by atoms with van der Waals surface area (Å²) in [7, 11) is -3.57. The fourth-order valence-corrected chi connectivity index (χ4v) is 8.71. The molecule has 1 N–H and O–H groups in total. The number of rotatable bonds is 11. The van der Waals surface area contributed by atoms with Crippen molar-refractivity contribution in [2.45, 2.75) is 28.6 Å². The van der Waals surface area contributed by atoms with E-state index in [9.17, 15) is 18.3 Å². The quantitative estimate of drug-likeness (QED) is 0.218. The lowest BCUT2D eigenvalue weighted by Gasteiger charge is -2.37. The molecule has 5 rings (SSSR count). The molecule has 0 radical (unpaired) electrons. The molecule has 0 saturated carbocycles. The maximum atomic E-state index is 13.0. The van der Waals surface area contributed by atoms with Gasteiger partial charge >= 0.3 is 5.97 Å². The Labute approximate surface area is 246 Å². The van der Waals surface area contributed by atoms with Gasteiger partial charge in [-0.1, -0.05) is 121 Å². The van der Waals surface area contributed by atoms with E-state index >= 15 is 0 Å². The van der Waals surface area contributed by atoms with Gasteiger partial charge in [-0.15, -0.1) is 11.8 Å². The van der Waals surface area contributed by atoms with Crippen LogP contribution >= 0.6 is 11.8 Å². The minimum Gasteiger partial charge on any atom is -0.479 e. The summed E-state index contributed by atoms with van der Waals surface area (Å²) in [5, 5.41) is 9.76. The smallest absolute Gasteiger partial charge is 0.337 e. The van der Waals surface area contributed by atoms with Crippen molar-refractivity contribution in [3.8, 4) is 0 Å². The molecule has 0 spiro atoms. The van der Waals surface area contributed by atoms with Gasteiger partial charge in [-0.05, 0) is 28.7 Å². The second-order valence-electron chi connectivity index (χ2n) is 10.2. The highest BCUT2D eigenvalue weighted by Gasteiger charge is 2.45. The third kappa shape index (κ3) is 6.41. The summed E-state index contributed by atoms with van der Waals surface area (Å²) in [4.78, 5) is 12.0. The molecule has 0 aromatic heterocycles. The Hall–Kier alpha value is -3.43. The van der Waals surface area contributed by atoms with Gasteiger partial charge in [-0.2, -0.15) is 4.31 Å². The number of carbonyl (C=O) groups is 1. The van der Waals surface area contributed by atoms with E-state index in [0.29, 0.717) is 18.5 Å². The van der Waals surface area contributed by atoms with Crippen LogP contribution in [0.4, 0.5) is 0 Å². The average Bonchev–Trinajstić information content (AvgIpc) is 3.41. The maximum absolute atomic E-state index is 13.0. The zero-order valence-electron chi connectivity index (χ0n) is 22.7. The number of ether oxygens (including phenoxy) is 1. The van der Waals surface area contributed by atoms with Gasteiger partial charge in [0.05, 0.1) is 17.6 Å². The maximum Gasteiger partial charge on any atom is 0.337 e. The van der Waals surface area contributed by atoms with Crippen LogP contribution < -0.4 is 0 Å². The number of nitrogens with zero attached hydrogens (tertiary/aromatic N) is 1. The molecule has 1 fully saturated rings. The SMILES string of the molecule is CS(=O)(=O)N1C[C@H](SC(c2ccccc2)(c2ccccc2)c2ccccc2)C[C@H]1COC(C(=O)O)c1ccccc1. The molecule has 0 bridgehead atoms. The molecule has 8 heteroatoms. The van der Waals surface area contributed by atoms with E-state index in [1.165, 1.54) is 10.6 Å². The molecule has 1 aliphatic rings. The number of aliphatic carboxylic acids is 1. The average molecular weight is 588 g/mol. The fourth-order valence-electron chi connectivity index (χ4n) is 5.61. The Bertz CT molecular complexity index is 1440. The Morgan fingerprint density at radius 3 is 1.71 bits per heavy atom. The minimum atomic E-state index is -3.57. The van der Waals surface area contributed by atoms with Gasteiger partial charge in [0.2, 0.25) is 10.0 Å². The third-order valence-corrected chi connectivity index (χ3v) is 10.5. The summed E-state index contributed by atoms with van der Waals surface area (Å²) >= 11 is 1.74. The summed E-state index contributed by atoms with van der Waals surface area (Å²) in [5.41, 5.74) is 3.82. The Morgan fingerprint density at radius 1 is 0.854 bits per heavy atom. The monoisotopic (exact) mass is 587 g/mol. The normalized spacial score (nSPS) is 18.7. The van der Waals surface area contributed by atoms with Crippen LogP contribution in [-0.4, -0.2) is 54.5 Å². The molecule has 1 aliphatic heterocycles. The van der Waals surface area contributed by atoms with Gasteiger partial charge in [-0.3, -0.25) is 0 Å². The van der Waals surface area contributed by atoms with Crippen LogP contribution in [0, 0.1) is 0 Å². The van der Waals surface area contributed by atoms with Crippen LogP contribution in [0.25, 0.3) is 0 Å². The molecule has 41 heavy (non-hydrogen) atoms. The summed E-state index contributed by atoms with van der Waals surface area (Å²) in [6.45, 7) is 0.278. The Kier molecular flexibility index (Phi) is 8.94. The molecule has 1 saturated heterocycles. The van der Waals surface area contributed by atoms with Crippen molar-refractivity contribution in [1.29, 1.82) is 0 Å². The predicted molar refractivity (Wildman–Crippen MR) is 163 cm³/mol. The molecule has 0 amide bonds. The first kappa shape index (κ1) is 29.1. The van der Waals surface area contributed by atoms with E-state index in [2.05, 4.69) is 36.4 Å². The summed E-state index contributed by atoms with van der Waals surface area (Å²) in [6.07, 6.45) is 0.548. The highest BCUT2D eigenvalue weighted by Crippen LogP contribution is 2.52. The lowest BCUT2D eigenvalue weighted by atomic mass is 9.84. The van der Waals surface area contributed by atoms with Gasteiger partial charge in [0.25, 0.3) is 0 Å². The van der Waals surface area contributed by atoms with E-state index in [-0.39, 0.29) is 11.9 Å². The number of carboxylic acids is 1. The van der Waals surface area contributed by atoms with E-state index < -0.39 is 32.9 Å². The largest absolute Gasteiger partial charge is 0.479 e.